The van der Waals surface area contributed by atoms with Crippen LogP contribution >= 0.6 is 0 Å². The van der Waals surface area contributed by atoms with E-state index in [9.17, 15) is 16.8 Å². The van der Waals surface area contributed by atoms with E-state index in [0.717, 1.165) is 0 Å². The zero-order chi connectivity index (χ0) is 20.9. The normalized spacial score (nSPS) is 15.2. The molecule has 0 radical (unpaired) electrons. The zero-order valence-corrected chi connectivity index (χ0v) is 23.6. The predicted molar refractivity (Wildman–Crippen MR) is 124 cm³/mol. The Morgan fingerprint density at radius 3 is 0.760 bits per heavy atom. The van der Waals surface area contributed by atoms with Crippen LogP contribution in [0.2, 0.25) is 78.6 Å². The molecule has 0 fully saturated rings. The summed E-state index contributed by atoms with van der Waals surface area (Å²) in [6.07, 6.45) is 0. The van der Waals surface area contributed by atoms with E-state index in [1.165, 1.54) is 0 Å². The Bertz CT molecular complexity index is 595. The Morgan fingerprint density at radius 1 is 0.480 bits per heavy atom. The summed E-state index contributed by atoms with van der Waals surface area (Å²) in [6, 6.07) is 0. The Hall–Kier alpha value is 0.857. The lowest BCUT2D eigenvalue weighted by Gasteiger charge is -2.36. The molecule has 0 saturated heterocycles. The Balaban J connectivity index is 6.27. The molecule has 0 aromatic rings. The lowest BCUT2D eigenvalue weighted by Crippen LogP contribution is -2.67. The van der Waals surface area contributed by atoms with Gasteiger partial charge in [-0.15, -0.1) is 0 Å². The molecule has 0 saturated carbocycles. The Labute approximate surface area is 160 Å². The van der Waals surface area contributed by atoms with Crippen LogP contribution in [-0.4, -0.2) is 59.0 Å². The smallest absolute Gasteiger partial charge is 0.213 e. The summed E-state index contributed by atoms with van der Waals surface area (Å²) in [5.41, 5.74) is 0. The average molecular weight is 459 g/mol. The van der Waals surface area contributed by atoms with Crippen molar-refractivity contribution in [1.29, 1.82) is 0 Å². The Morgan fingerprint density at radius 2 is 0.640 bits per heavy atom. The van der Waals surface area contributed by atoms with Crippen molar-refractivity contribution in [2.45, 2.75) is 78.6 Å². The van der Waals surface area contributed by atoms with Gasteiger partial charge in [0.05, 0.1) is 0 Å². The van der Waals surface area contributed by atoms with E-state index >= 15 is 0 Å². The molecular weight excluding hydrogens is 422 g/mol. The first-order valence-electron chi connectivity index (χ1n) is 8.63. The lowest BCUT2D eigenvalue weighted by atomic mass is 10.6. The molecule has 0 atom stereocenters. The second kappa shape index (κ2) is 7.36. The standard InChI is InChI=1S/C12H36B2O5S2Si4/c1-22(2,3)13(23(4,5)6)20(15,16)19-21(17,18)14(24(7,8)9)25(10,11)12/h1-12H3. The summed E-state index contributed by atoms with van der Waals surface area (Å²) in [5.74, 6) is 0. The third-order valence-corrected chi connectivity index (χ3v) is 35.2. The molecule has 5 nitrogen and oxygen atoms in total. The van der Waals surface area contributed by atoms with Gasteiger partial charge in [0.1, 0.15) is 0 Å². The predicted octanol–water partition coefficient (Wildman–Crippen LogP) is 3.31. The van der Waals surface area contributed by atoms with E-state index in [1.54, 1.807) is 0 Å². The van der Waals surface area contributed by atoms with Crippen molar-refractivity contribution in [3.05, 3.63) is 0 Å². The van der Waals surface area contributed by atoms with Gasteiger partial charge in [0.25, 0.3) is 0 Å². The summed E-state index contributed by atoms with van der Waals surface area (Å²) in [5, 5.41) is -1.32. The first-order chi connectivity index (χ1) is 10.4. The third-order valence-electron chi connectivity index (χ3n) is 3.91. The molecule has 0 amide bonds. The molecule has 0 rings (SSSR count). The molecule has 0 aliphatic rings. The fraction of sp³-hybridized carbons (Fsp3) is 1.00. The maximum Gasteiger partial charge on any atom is 0.307 e. The maximum absolute atomic E-state index is 13.1. The molecular formula is C12H36B2O5S2Si4. The van der Waals surface area contributed by atoms with E-state index in [0.29, 0.717) is 0 Å². The van der Waals surface area contributed by atoms with E-state index in [1.807, 2.05) is 78.6 Å². The molecule has 0 heterocycles. The molecule has 0 aromatic carbocycles. The van der Waals surface area contributed by atoms with Crippen LogP contribution < -0.4 is 0 Å². The largest absolute Gasteiger partial charge is 0.307 e. The SMILES string of the molecule is C[Si](C)(C)B([Si](C)(C)C)S(=O)(=O)OS(=O)(=O)B([Si](C)(C)C)[Si](C)(C)C. The highest BCUT2D eigenvalue weighted by atomic mass is 32.3. The van der Waals surface area contributed by atoms with Gasteiger partial charge in [-0.25, -0.2) is 16.8 Å². The molecule has 13 heteroatoms. The summed E-state index contributed by atoms with van der Waals surface area (Å²) in [7, 11) is -17.1. The highest BCUT2D eigenvalue weighted by Crippen LogP contribution is 2.29. The zero-order valence-electron chi connectivity index (χ0n) is 18.0. The molecule has 25 heavy (non-hydrogen) atoms. The van der Waals surface area contributed by atoms with E-state index < -0.39 is 62.1 Å². The number of hydrogen-bond donors (Lipinski definition) is 0. The second-order valence-electron chi connectivity index (χ2n) is 11.3. The van der Waals surface area contributed by atoms with Crippen molar-refractivity contribution in [1.82, 2.24) is 0 Å². The molecule has 0 spiro atoms. The second-order valence-corrected chi connectivity index (χ2v) is 38.8. The quantitative estimate of drug-likeness (QED) is 0.522. The topological polar surface area (TPSA) is 77.5 Å². The fourth-order valence-corrected chi connectivity index (χ4v) is 42.3. The van der Waals surface area contributed by atoms with Crippen molar-refractivity contribution < 1.29 is 20.5 Å². The van der Waals surface area contributed by atoms with Crippen LogP contribution in [0, 0.1) is 0 Å². The van der Waals surface area contributed by atoms with Gasteiger partial charge in [0, 0.05) is 31.8 Å². The van der Waals surface area contributed by atoms with Gasteiger partial charge in [-0.1, -0.05) is 78.6 Å². The molecule has 0 aliphatic heterocycles. The van der Waals surface area contributed by atoms with Gasteiger partial charge in [-0.05, 0) is 0 Å². The molecule has 148 valence electrons. The van der Waals surface area contributed by atoms with Crippen LogP contribution in [0.5, 0.6) is 0 Å². The van der Waals surface area contributed by atoms with Crippen LogP contribution in [0.3, 0.4) is 0 Å². The van der Waals surface area contributed by atoms with Crippen LogP contribution in [0.25, 0.3) is 0 Å². The third kappa shape index (κ3) is 7.07. The van der Waals surface area contributed by atoms with E-state index in [-0.39, 0.29) is 0 Å². The van der Waals surface area contributed by atoms with Crippen molar-refractivity contribution in [3.8, 4) is 0 Å². The highest BCUT2D eigenvalue weighted by molar-refractivity contribution is 8.38. The molecule has 0 N–H and O–H groups in total. The van der Waals surface area contributed by atoms with Gasteiger partial charge in [0.2, 0.25) is 19.9 Å². The first kappa shape index (κ1) is 25.9. The minimum Gasteiger partial charge on any atom is -0.213 e. The Kier molecular flexibility index (Phi) is 7.61. The van der Waals surface area contributed by atoms with Crippen LogP contribution in [0.15, 0.2) is 0 Å². The van der Waals surface area contributed by atoms with Gasteiger partial charge in [0.15, 0.2) is 0 Å². The van der Waals surface area contributed by atoms with Crippen LogP contribution in [-0.2, 0) is 23.6 Å². The van der Waals surface area contributed by atoms with Gasteiger partial charge in [-0.3, -0.25) is 0 Å². The van der Waals surface area contributed by atoms with Crippen molar-refractivity contribution >= 4 is 62.1 Å². The molecule has 0 unspecified atom stereocenters. The molecule has 0 aromatic heterocycles. The van der Waals surface area contributed by atoms with Gasteiger partial charge < -0.3 is 0 Å². The van der Waals surface area contributed by atoms with Crippen molar-refractivity contribution in [2.75, 3.05) is 0 Å². The first-order valence-corrected chi connectivity index (χ1v) is 25.9. The van der Waals surface area contributed by atoms with Gasteiger partial charge in [-0.2, -0.15) is 3.63 Å². The maximum atomic E-state index is 13.1. The average Bonchev–Trinajstić information content (AvgIpc) is 1.98. The highest BCUT2D eigenvalue weighted by Gasteiger charge is 2.57. The van der Waals surface area contributed by atoms with Gasteiger partial charge >= 0.3 is 10.4 Å². The van der Waals surface area contributed by atoms with E-state index in [4.69, 9.17) is 3.63 Å². The summed E-state index contributed by atoms with van der Waals surface area (Å²) in [4.78, 5) is 0. The number of hydrogen-bond acceptors (Lipinski definition) is 5. The van der Waals surface area contributed by atoms with Crippen molar-refractivity contribution in [2.24, 2.45) is 0 Å². The van der Waals surface area contributed by atoms with Crippen LogP contribution in [0.1, 0.15) is 0 Å². The minimum atomic E-state index is -4.18. The summed E-state index contributed by atoms with van der Waals surface area (Å²) in [6.45, 7) is 23.6. The molecule has 0 aliphatic carbocycles. The lowest BCUT2D eigenvalue weighted by molar-refractivity contribution is 0.484. The van der Waals surface area contributed by atoms with Crippen LogP contribution in [0.4, 0.5) is 0 Å². The molecule has 0 bridgehead atoms. The monoisotopic (exact) mass is 458 g/mol. The summed E-state index contributed by atoms with van der Waals surface area (Å²) < 4.78 is 57.5. The minimum absolute atomic E-state index is 0.661. The number of rotatable bonds is 8. The summed E-state index contributed by atoms with van der Waals surface area (Å²) >= 11 is 0. The fourth-order valence-electron chi connectivity index (χ4n) is 4.54. The van der Waals surface area contributed by atoms with E-state index in [2.05, 4.69) is 0 Å². The van der Waals surface area contributed by atoms with Crippen molar-refractivity contribution in [3.63, 3.8) is 0 Å².